The van der Waals surface area contributed by atoms with E-state index in [0.717, 1.165) is 5.56 Å². The van der Waals surface area contributed by atoms with Gasteiger partial charge in [0.1, 0.15) is 6.10 Å². The monoisotopic (exact) mass is 203 g/mol. The van der Waals surface area contributed by atoms with Gasteiger partial charge in [0.25, 0.3) is 0 Å². The van der Waals surface area contributed by atoms with Gasteiger partial charge in [-0.15, -0.1) is 6.58 Å². The number of alkyl carbamates (subject to hydrolysis) is 1. The first kappa shape index (κ1) is 9.77. The molecule has 15 heavy (non-hydrogen) atoms. The summed E-state index contributed by atoms with van der Waals surface area (Å²) in [6.07, 6.45) is 1.95. The van der Waals surface area contributed by atoms with Gasteiger partial charge >= 0.3 is 6.09 Å². The van der Waals surface area contributed by atoms with Crippen molar-refractivity contribution in [2.45, 2.75) is 18.6 Å². The van der Waals surface area contributed by atoms with E-state index >= 15 is 0 Å². The lowest BCUT2D eigenvalue weighted by Crippen LogP contribution is -2.26. The van der Waals surface area contributed by atoms with Crippen LogP contribution >= 0.6 is 0 Å². The van der Waals surface area contributed by atoms with Crippen molar-refractivity contribution in [1.29, 1.82) is 0 Å². The van der Waals surface area contributed by atoms with Gasteiger partial charge in [0.2, 0.25) is 0 Å². The number of cyclic esters (lactones) is 1. The maximum absolute atomic E-state index is 11.1. The predicted molar refractivity (Wildman–Crippen MR) is 57.4 cm³/mol. The van der Waals surface area contributed by atoms with E-state index in [1.54, 1.807) is 6.08 Å². The van der Waals surface area contributed by atoms with Crippen LogP contribution in [0, 0.1) is 0 Å². The van der Waals surface area contributed by atoms with Crippen molar-refractivity contribution in [2.75, 3.05) is 0 Å². The van der Waals surface area contributed by atoms with E-state index in [2.05, 4.69) is 11.9 Å². The van der Waals surface area contributed by atoms with Crippen LogP contribution in [-0.4, -0.2) is 12.1 Å². The minimum absolute atomic E-state index is 0.00241. The summed E-state index contributed by atoms with van der Waals surface area (Å²) in [4.78, 5) is 11.1. The van der Waals surface area contributed by atoms with Gasteiger partial charge < -0.3 is 10.1 Å². The Hall–Kier alpha value is -1.77. The van der Waals surface area contributed by atoms with Gasteiger partial charge in [-0.25, -0.2) is 4.79 Å². The molecule has 1 aromatic carbocycles. The fourth-order valence-corrected chi connectivity index (χ4v) is 1.76. The van der Waals surface area contributed by atoms with Crippen LogP contribution < -0.4 is 5.32 Å². The summed E-state index contributed by atoms with van der Waals surface area (Å²) in [7, 11) is 0. The number of ether oxygens (including phenoxy) is 1. The van der Waals surface area contributed by atoms with Gasteiger partial charge in [0.05, 0.1) is 6.04 Å². The standard InChI is InChI=1S/C12H13NO2/c1-2-6-10-11(15-12(14)13-10)9-7-4-3-5-8-9/h2-5,7-8,10-11H,1,6H2,(H,13,14)/t10-,11+/m0/s1. The summed E-state index contributed by atoms with van der Waals surface area (Å²) in [6.45, 7) is 3.67. The highest BCUT2D eigenvalue weighted by molar-refractivity contribution is 5.70. The second-order valence-corrected chi connectivity index (χ2v) is 3.51. The second-order valence-electron chi connectivity index (χ2n) is 3.51. The molecule has 1 fully saturated rings. The topological polar surface area (TPSA) is 38.3 Å². The highest BCUT2D eigenvalue weighted by Crippen LogP contribution is 2.27. The Morgan fingerprint density at radius 3 is 2.80 bits per heavy atom. The third kappa shape index (κ3) is 2.01. The first-order chi connectivity index (χ1) is 7.31. The molecular formula is C12H13NO2. The number of carbonyl (C=O) groups excluding carboxylic acids is 1. The van der Waals surface area contributed by atoms with Gasteiger partial charge in [-0.3, -0.25) is 0 Å². The molecule has 1 aliphatic rings. The van der Waals surface area contributed by atoms with E-state index < -0.39 is 0 Å². The highest BCUT2D eigenvalue weighted by Gasteiger charge is 2.33. The van der Waals surface area contributed by atoms with Crippen molar-refractivity contribution in [3.05, 3.63) is 48.6 Å². The molecular weight excluding hydrogens is 190 g/mol. The first-order valence-electron chi connectivity index (χ1n) is 4.94. The summed E-state index contributed by atoms with van der Waals surface area (Å²) < 4.78 is 5.21. The zero-order valence-corrected chi connectivity index (χ0v) is 8.35. The Kier molecular flexibility index (Phi) is 2.72. The van der Waals surface area contributed by atoms with Gasteiger partial charge in [-0.05, 0) is 12.0 Å². The maximum Gasteiger partial charge on any atom is 0.408 e. The molecule has 1 aliphatic heterocycles. The van der Waals surface area contributed by atoms with Crippen LogP contribution in [0.5, 0.6) is 0 Å². The molecule has 1 saturated heterocycles. The normalized spacial score (nSPS) is 24.4. The van der Waals surface area contributed by atoms with Crippen LogP contribution in [0.4, 0.5) is 4.79 Å². The average Bonchev–Trinajstić information content (AvgIpc) is 2.62. The van der Waals surface area contributed by atoms with E-state index in [1.165, 1.54) is 0 Å². The van der Waals surface area contributed by atoms with Gasteiger partial charge in [0.15, 0.2) is 0 Å². The quantitative estimate of drug-likeness (QED) is 0.766. The number of nitrogens with one attached hydrogen (secondary N) is 1. The molecule has 1 aromatic rings. The summed E-state index contributed by atoms with van der Waals surface area (Å²) in [5.74, 6) is 0. The van der Waals surface area contributed by atoms with Crippen LogP contribution in [0.2, 0.25) is 0 Å². The molecule has 1 amide bonds. The summed E-state index contributed by atoms with van der Waals surface area (Å²) in [6, 6.07) is 9.73. The number of rotatable bonds is 3. The Balaban J connectivity index is 2.20. The molecule has 0 saturated carbocycles. The molecule has 3 heteroatoms. The van der Waals surface area contributed by atoms with Crippen LogP contribution in [0.1, 0.15) is 18.1 Å². The molecule has 78 valence electrons. The molecule has 1 N–H and O–H groups in total. The second kappa shape index (κ2) is 4.17. The molecule has 3 nitrogen and oxygen atoms in total. The Morgan fingerprint density at radius 1 is 1.40 bits per heavy atom. The largest absolute Gasteiger partial charge is 0.439 e. The van der Waals surface area contributed by atoms with Crippen LogP contribution in [0.25, 0.3) is 0 Å². The smallest absolute Gasteiger partial charge is 0.408 e. The SMILES string of the molecule is C=CC[C@@H]1NC(=O)O[C@@H]1c1ccccc1. The first-order valence-corrected chi connectivity index (χ1v) is 4.94. The minimum atomic E-state index is -0.351. The number of hydrogen-bond donors (Lipinski definition) is 1. The number of amides is 1. The molecule has 0 unspecified atom stereocenters. The number of hydrogen-bond acceptors (Lipinski definition) is 2. The van der Waals surface area contributed by atoms with E-state index in [4.69, 9.17) is 4.74 Å². The van der Waals surface area contributed by atoms with Crippen molar-refractivity contribution in [2.24, 2.45) is 0 Å². The lowest BCUT2D eigenvalue weighted by atomic mass is 10.0. The molecule has 0 radical (unpaired) electrons. The number of benzene rings is 1. The van der Waals surface area contributed by atoms with Gasteiger partial charge in [-0.1, -0.05) is 36.4 Å². The lowest BCUT2D eigenvalue weighted by molar-refractivity contribution is 0.132. The summed E-state index contributed by atoms with van der Waals surface area (Å²) >= 11 is 0. The van der Waals surface area contributed by atoms with E-state index in [0.29, 0.717) is 6.42 Å². The van der Waals surface area contributed by atoms with Crippen LogP contribution in [0.15, 0.2) is 43.0 Å². The van der Waals surface area contributed by atoms with Crippen LogP contribution in [-0.2, 0) is 4.74 Å². The molecule has 1 heterocycles. The van der Waals surface area contributed by atoms with Crippen molar-refractivity contribution in [1.82, 2.24) is 5.32 Å². The third-order valence-corrected chi connectivity index (χ3v) is 2.45. The molecule has 0 aliphatic carbocycles. The Labute approximate surface area is 88.8 Å². The third-order valence-electron chi connectivity index (χ3n) is 2.45. The van der Waals surface area contributed by atoms with Crippen molar-refractivity contribution in [3.8, 4) is 0 Å². The average molecular weight is 203 g/mol. The highest BCUT2D eigenvalue weighted by atomic mass is 16.6. The van der Waals surface area contributed by atoms with E-state index in [-0.39, 0.29) is 18.2 Å². The molecule has 0 aromatic heterocycles. The van der Waals surface area contributed by atoms with Crippen LogP contribution in [0.3, 0.4) is 0 Å². The molecule has 0 bridgehead atoms. The Morgan fingerprint density at radius 2 is 2.13 bits per heavy atom. The number of carbonyl (C=O) groups is 1. The maximum atomic E-state index is 11.1. The molecule has 2 atom stereocenters. The van der Waals surface area contributed by atoms with Crippen molar-refractivity contribution >= 4 is 6.09 Å². The fraction of sp³-hybridized carbons (Fsp3) is 0.250. The van der Waals surface area contributed by atoms with E-state index in [9.17, 15) is 4.79 Å². The van der Waals surface area contributed by atoms with E-state index in [1.807, 2.05) is 30.3 Å². The fourth-order valence-electron chi connectivity index (χ4n) is 1.76. The molecule has 0 spiro atoms. The summed E-state index contributed by atoms with van der Waals surface area (Å²) in [5, 5.41) is 2.77. The predicted octanol–water partition coefficient (Wildman–Crippen LogP) is 2.41. The zero-order valence-electron chi connectivity index (χ0n) is 8.35. The van der Waals surface area contributed by atoms with Crippen molar-refractivity contribution in [3.63, 3.8) is 0 Å². The minimum Gasteiger partial charge on any atom is -0.439 e. The Bertz CT molecular complexity index is 361. The van der Waals surface area contributed by atoms with Gasteiger partial charge in [-0.2, -0.15) is 0 Å². The van der Waals surface area contributed by atoms with Crippen molar-refractivity contribution < 1.29 is 9.53 Å². The summed E-state index contributed by atoms with van der Waals surface area (Å²) in [5.41, 5.74) is 1.02. The zero-order chi connectivity index (χ0) is 10.7. The molecule has 2 rings (SSSR count). The van der Waals surface area contributed by atoms with Gasteiger partial charge in [0, 0.05) is 0 Å². The lowest BCUT2D eigenvalue weighted by Gasteiger charge is -2.15.